The average molecular weight is 218 g/mol. The lowest BCUT2D eigenvalue weighted by atomic mass is 9.89. The predicted molar refractivity (Wildman–Crippen MR) is 63.3 cm³/mol. The number of phenolic OH excluding ortho intramolecular Hbond substituents is 1. The number of rotatable bonds is 0. The van der Waals surface area contributed by atoms with Crippen molar-refractivity contribution < 1.29 is 9.84 Å². The van der Waals surface area contributed by atoms with Crippen molar-refractivity contribution in [1.82, 2.24) is 0 Å². The van der Waals surface area contributed by atoms with Gasteiger partial charge in [0.25, 0.3) is 0 Å². The van der Waals surface area contributed by atoms with Crippen molar-refractivity contribution in [3.63, 3.8) is 0 Å². The van der Waals surface area contributed by atoms with Crippen LogP contribution < -0.4 is 4.74 Å². The molecule has 1 aliphatic carbocycles. The standard InChI is InChI=1S/C14H18O2/c1-7-8(2)14-12(9(3)13(7)15)10-5-4-6-11(10)16-14/h10-11,15H,4-6H2,1-3H3/t10-,11+/m0/s1. The van der Waals surface area contributed by atoms with Crippen LogP contribution in [0.5, 0.6) is 11.5 Å². The van der Waals surface area contributed by atoms with E-state index < -0.39 is 0 Å². The molecule has 1 aromatic rings. The highest BCUT2D eigenvalue weighted by molar-refractivity contribution is 5.60. The topological polar surface area (TPSA) is 29.5 Å². The summed E-state index contributed by atoms with van der Waals surface area (Å²) in [7, 11) is 0. The van der Waals surface area contributed by atoms with E-state index in [2.05, 4.69) is 0 Å². The Morgan fingerprint density at radius 3 is 2.56 bits per heavy atom. The molecule has 0 bridgehead atoms. The molecule has 0 radical (unpaired) electrons. The summed E-state index contributed by atoms with van der Waals surface area (Å²) >= 11 is 0. The van der Waals surface area contributed by atoms with E-state index in [1.165, 1.54) is 18.4 Å². The van der Waals surface area contributed by atoms with Crippen LogP contribution in [-0.4, -0.2) is 11.2 Å². The largest absolute Gasteiger partial charge is 0.507 e. The summed E-state index contributed by atoms with van der Waals surface area (Å²) in [6.45, 7) is 6.04. The highest BCUT2D eigenvalue weighted by Gasteiger charge is 2.40. The molecule has 1 aliphatic heterocycles. The highest BCUT2D eigenvalue weighted by atomic mass is 16.5. The van der Waals surface area contributed by atoms with Crippen molar-refractivity contribution in [3.8, 4) is 11.5 Å². The summed E-state index contributed by atoms with van der Waals surface area (Å²) in [5, 5.41) is 10.1. The van der Waals surface area contributed by atoms with Gasteiger partial charge in [0.1, 0.15) is 17.6 Å². The minimum atomic E-state index is 0.369. The number of benzene rings is 1. The van der Waals surface area contributed by atoms with Gasteiger partial charge in [0.2, 0.25) is 0 Å². The molecule has 0 spiro atoms. The normalized spacial score (nSPS) is 26.4. The number of hydrogen-bond donors (Lipinski definition) is 1. The summed E-state index contributed by atoms with van der Waals surface area (Å²) in [6.07, 6.45) is 3.99. The van der Waals surface area contributed by atoms with Crippen LogP contribution in [0.1, 0.15) is 47.4 Å². The first-order chi connectivity index (χ1) is 7.61. The van der Waals surface area contributed by atoms with Crippen LogP contribution in [0.2, 0.25) is 0 Å². The SMILES string of the molecule is Cc1c(C)c2c(c(C)c1O)[C@H]1CCC[C@H]1O2. The summed E-state index contributed by atoms with van der Waals surface area (Å²) in [5.41, 5.74) is 4.40. The zero-order valence-corrected chi connectivity index (χ0v) is 10.1. The summed E-state index contributed by atoms with van der Waals surface area (Å²) in [4.78, 5) is 0. The van der Waals surface area contributed by atoms with Gasteiger partial charge in [-0.05, 0) is 56.7 Å². The van der Waals surface area contributed by atoms with Crippen LogP contribution in [0.25, 0.3) is 0 Å². The zero-order chi connectivity index (χ0) is 11.4. The predicted octanol–water partition coefficient (Wildman–Crippen LogP) is 3.35. The van der Waals surface area contributed by atoms with Crippen LogP contribution in [0, 0.1) is 20.8 Å². The molecule has 86 valence electrons. The van der Waals surface area contributed by atoms with Crippen LogP contribution in [0.3, 0.4) is 0 Å². The molecule has 2 aliphatic rings. The molecule has 2 heteroatoms. The fourth-order valence-corrected chi connectivity index (χ4v) is 3.28. The van der Waals surface area contributed by atoms with E-state index in [4.69, 9.17) is 4.74 Å². The Labute approximate surface area is 96.2 Å². The van der Waals surface area contributed by atoms with Gasteiger partial charge in [-0.1, -0.05) is 0 Å². The maximum Gasteiger partial charge on any atom is 0.127 e. The molecule has 1 N–H and O–H groups in total. The molecule has 1 heterocycles. The molecule has 1 fully saturated rings. The Morgan fingerprint density at radius 1 is 1.06 bits per heavy atom. The molecule has 16 heavy (non-hydrogen) atoms. The second-order valence-corrected chi connectivity index (χ2v) is 5.16. The lowest BCUT2D eigenvalue weighted by Gasteiger charge is -2.14. The molecule has 0 aromatic heterocycles. The van der Waals surface area contributed by atoms with Crippen molar-refractivity contribution in [2.75, 3.05) is 0 Å². The third kappa shape index (κ3) is 1.07. The first-order valence-electron chi connectivity index (χ1n) is 6.10. The lowest BCUT2D eigenvalue weighted by Crippen LogP contribution is -2.11. The molecule has 0 amide bonds. The number of phenols is 1. The van der Waals surface area contributed by atoms with Crippen LogP contribution in [-0.2, 0) is 0 Å². The van der Waals surface area contributed by atoms with E-state index in [1.807, 2.05) is 20.8 Å². The first-order valence-corrected chi connectivity index (χ1v) is 6.10. The van der Waals surface area contributed by atoms with Crippen molar-refractivity contribution in [1.29, 1.82) is 0 Å². The second-order valence-electron chi connectivity index (χ2n) is 5.16. The molecular formula is C14H18O2. The number of ether oxygens (including phenoxy) is 1. The summed E-state index contributed by atoms with van der Waals surface area (Å²) < 4.78 is 6.07. The van der Waals surface area contributed by atoms with Gasteiger partial charge in [0.15, 0.2) is 0 Å². The second kappa shape index (κ2) is 3.16. The van der Waals surface area contributed by atoms with Gasteiger partial charge < -0.3 is 9.84 Å². The van der Waals surface area contributed by atoms with Gasteiger partial charge in [0.05, 0.1) is 0 Å². The van der Waals surface area contributed by atoms with E-state index in [1.54, 1.807) is 0 Å². The van der Waals surface area contributed by atoms with Gasteiger partial charge in [-0.3, -0.25) is 0 Å². The smallest absolute Gasteiger partial charge is 0.127 e. The molecule has 2 atom stereocenters. The average Bonchev–Trinajstić information content (AvgIpc) is 2.82. The van der Waals surface area contributed by atoms with Gasteiger partial charge in [-0.25, -0.2) is 0 Å². The lowest BCUT2D eigenvalue weighted by molar-refractivity contribution is 0.224. The quantitative estimate of drug-likeness (QED) is 0.723. The van der Waals surface area contributed by atoms with Crippen molar-refractivity contribution in [3.05, 3.63) is 22.3 Å². The molecule has 0 unspecified atom stereocenters. The highest BCUT2D eigenvalue weighted by Crippen LogP contribution is 2.52. The maximum absolute atomic E-state index is 10.1. The minimum Gasteiger partial charge on any atom is -0.507 e. The third-order valence-corrected chi connectivity index (χ3v) is 4.35. The molecular weight excluding hydrogens is 200 g/mol. The van der Waals surface area contributed by atoms with Gasteiger partial charge >= 0.3 is 0 Å². The van der Waals surface area contributed by atoms with Crippen LogP contribution in [0.15, 0.2) is 0 Å². The summed E-state index contributed by atoms with van der Waals surface area (Å²) in [6, 6.07) is 0. The van der Waals surface area contributed by atoms with Crippen molar-refractivity contribution in [2.24, 2.45) is 0 Å². The Balaban J connectivity index is 2.25. The molecule has 0 saturated heterocycles. The van der Waals surface area contributed by atoms with E-state index in [9.17, 15) is 5.11 Å². The molecule has 2 nitrogen and oxygen atoms in total. The third-order valence-electron chi connectivity index (χ3n) is 4.35. The Bertz CT molecular complexity index is 463. The molecule has 1 saturated carbocycles. The van der Waals surface area contributed by atoms with E-state index >= 15 is 0 Å². The Hall–Kier alpha value is -1.18. The first kappa shape index (κ1) is 10.0. The molecule has 3 rings (SSSR count). The van der Waals surface area contributed by atoms with Crippen LogP contribution in [0.4, 0.5) is 0 Å². The fraction of sp³-hybridized carbons (Fsp3) is 0.571. The van der Waals surface area contributed by atoms with Gasteiger partial charge in [-0.15, -0.1) is 0 Å². The van der Waals surface area contributed by atoms with E-state index in [-0.39, 0.29) is 0 Å². The van der Waals surface area contributed by atoms with E-state index in [0.717, 1.165) is 28.9 Å². The van der Waals surface area contributed by atoms with Crippen molar-refractivity contribution in [2.45, 2.75) is 52.1 Å². The number of fused-ring (bicyclic) bond motifs is 3. The minimum absolute atomic E-state index is 0.369. The monoisotopic (exact) mass is 218 g/mol. The Morgan fingerprint density at radius 2 is 1.81 bits per heavy atom. The van der Waals surface area contributed by atoms with Gasteiger partial charge in [-0.2, -0.15) is 0 Å². The Kier molecular flexibility index (Phi) is 1.97. The summed E-state index contributed by atoms with van der Waals surface area (Å²) in [5.74, 6) is 2.05. The number of hydrogen-bond acceptors (Lipinski definition) is 2. The molecule has 1 aromatic carbocycles. The maximum atomic E-state index is 10.1. The zero-order valence-electron chi connectivity index (χ0n) is 10.1. The van der Waals surface area contributed by atoms with E-state index in [0.29, 0.717) is 17.8 Å². The number of aromatic hydroxyl groups is 1. The van der Waals surface area contributed by atoms with Crippen LogP contribution >= 0.6 is 0 Å². The van der Waals surface area contributed by atoms with Crippen molar-refractivity contribution >= 4 is 0 Å². The van der Waals surface area contributed by atoms with Gasteiger partial charge in [0, 0.05) is 11.5 Å². The fourth-order valence-electron chi connectivity index (χ4n) is 3.28.